The maximum absolute atomic E-state index is 15.1. The number of rotatable bonds is 9. The Morgan fingerprint density at radius 2 is 1.72 bits per heavy atom. The van der Waals surface area contributed by atoms with Crippen LogP contribution in [0.2, 0.25) is 5.02 Å². The zero-order chi connectivity index (χ0) is 32.9. The van der Waals surface area contributed by atoms with Crippen LogP contribution in [0.4, 0.5) is 20.8 Å². The van der Waals surface area contributed by atoms with Crippen molar-refractivity contribution >= 4 is 39.4 Å². The zero-order valence-electron chi connectivity index (χ0n) is 25.3. The highest BCUT2D eigenvalue weighted by Crippen LogP contribution is 2.32. The Kier molecular flexibility index (Phi) is 9.87. The van der Waals surface area contributed by atoms with Crippen molar-refractivity contribution in [2.24, 2.45) is 0 Å². The predicted octanol–water partition coefficient (Wildman–Crippen LogP) is 6.57. The molecular weight excluding hydrogens is 637 g/mol. The van der Waals surface area contributed by atoms with Gasteiger partial charge < -0.3 is 20.1 Å². The number of nitrogens with zero attached hydrogens (tertiary/aromatic N) is 4. The van der Waals surface area contributed by atoms with E-state index in [2.05, 4.69) is 35.3 Å². The lowest BCUT2D eigenvalue weighted by Gasteiger charge is -2.30. The number of anilines is 2. The number of sulfonamides is 1. The predicted molar refractivity (Wildman–Crippen MR) is 171 cm³/mol. The number of amides is 1. The number of nitrogens with one attached hydrogen (secondary N) is 3. The van der Waals surface area contributed by atoms with E-state index in [9.17, 15) is 13.2 Å². The quantitative estimate of drug-likeness (QED) is 0.178. The van der Waals surface area contributed by atoms with Crippen molar-refractivity contribution in [2.75, 3.05) is 10.0 Å². The van der Waals surface area contributed by atoms with E-state index in [0.29, 0.717) is 11.5 Å². The highest BCUT2D eigenvalue weighted by molar-refractivity contribution is 7.92. The van der Waals surface area contributed by atoms with E-state index in [0.717, 1.165) is 37.8 Å². The molecule has 0 saturated heterocycles. The summed E-state index contributed by atoms with van der Waals surface area (Å²) in [5.41, 5.74) is -0.0231. The van der Waals surface area contributed by atoms with E-state index in [1.54, 1.807) is 24.3 Å². The molecule has 1 aliphatic carbocycles. The number of hydrogen-bond acceptors (Lipinski definition) is 10. The van der Waals surface area contributed by atoms with Crippen molar-refractivity contribution in [3.63, 3.8) is 0 Å². The first-order chi connectivity index (χ1) is 21.9. The van der Waals surface area contributed by atoms with Gasteiger partial charge in [0.05, 0.1) is 16.3 Å². The van der Waals surface area contributed by atoms with Gasteiger partial charge in [-0.05, 0) is 82.9 Å². The molecule has 2 heterocycles. The summed E-state index contributed by atoms with van der Waals surface area (Å²) < 4.78 is 54.3. The Bertz CT molecular complexity index is 1820. The van der Waals surface area contributed by atoms with Crippen LogP contribution in [0.15, 0.2) is 72.0 Å². The lowest BCUT2D eigenvalue weighted by Crippen LogP contribution is -2.42. The molecule has 0 unspecified atom stereocenters. The van der Waals surface area contributed by atoms with Gasteiger partial charge in [0.25, 0.3) is 10.0 Å². The molecule has 0 atom stereocenters. The fraction of sp³-hybridized carbons (Fsp3) is 0.323. The average molecular weight is 670 g/mol. The van der Waals surface area contributed by atoms with Gasteiger partial charge in [0.1, 0.15) is 28.4 Å². The fourth-order valence-electron chi connectivity index (χ4n) is 4.80. The molecule has 0 aliphatic heterocycles. The molecule has 2 aromatic carbocycles. The second-order valence-electron chi connectivity index (χ2n) is 11.6. The van der Waals surface area contributed by atoms with Gasteiger partial charge in [0, 0.05) is 24.3 Å². The minimum atomic E-state index is -4.28. The Morgan fingerprint density at radius 3 is 2.43 bits per heavy atom. The van der Waals surface area contributed by atoms with E-state index in [-0.39, 0.29) is 40.2 Å². The third kappa shape index (κ3) is 8.57. The summed E-state index contributed by atoms with van der Waals surface area (Å²) in [5, 5.41) is 6.43. The largest absolute Gasteiger partial charge is 0.444 e. The first-order valence-corrected chi connectivity index (χ1v) is 16.4. The summed E-state index contributed by atoms with van der Waals surface area (Å²) in [5.74, 6) is -0.312. The zero-order valence-corrected chi connectivity index (χ0v) is 26.9. The van der Waals surface area contributed by atoms with E-state index < -0.39 is 32.4 Å². The molecule has 0 spiro atoms. The molecule has 1 fully saturated rings. The van der Waals surface area contributed by atoms with Gasteiger partial charge in [-0.3, -0.25) is 4.72 Å². The first-order valence-electron chi connectivity index (χ1n) is 14.5. The Morgan fingerprint density at radius 1 is 0.978 bits per heavy atom. The molecule has 1 saturated carbocycles. The number of ether oxygens (including phenoxy) is 2. The molecule has 46 heavy (non-hydrogen) atoms. The fourth-order valence-corrected chi connectivity index (χ4v) is 6.17. The van der Waals surface area contributed by atoms with Gasteiger partial charge in [-0.2, -0.15) is 4.98 Å². The SMILES string of the molecule is CC(C)(C)OC(=O)NC1CCC(Nc2ncnc(-c3cccnc3Oc3ccc(S(=O)(=O)Nc4ccccc4Cl)c(F)c3)n2)CC1. The van der Waals surface area contributed by atoms with Gasteiger partial charge in [-0.15, -0.1) is 0 Å². The standard InChI is InChI=1S/C31H33ClFN7O5S/c1-31(2,3)45-30(41)38-20-12-10-19(11-13-20)37-29-36-18-35-27(39-29)22-7-6-16-34-28(22)44-21-14-15-26(24(33)17-21)46(42,43)40-25-9-5-4-8-23(25)32/h4-9,14-20,40H,10-13H2,1-3H3,(H,38,41)(H,35,36,37,39). The number of carbonyl (C=O) groups is 1. The maximum atomic E-state index is 15.1. The number of carbonyl (C=O) groups excluding carboxylic acids is 1. The average Bonchev–Trinajstić information content (AvgIpc) is 2.99. The van der Waals surface area contributed by atoms with Crippen LogP contribution in [-0.2, 0) is 14.8 Å². The highest BCUT2D eigenvalue weighted by Gasteiger charge is 2.26. The van der Waals surface area contributed by atoms with E-state index >= 15 is 4.39 Å². The molecule has 242 valence electrons. The number of pyridine rings is 1. The molecule has 4 aromatic rings. The van der Waals surface area contributed by atoms with Crippen LogP contribution in [0, 0.1) is 5.82 Å². The molecule has 15 heteroatoms. The first kappa shape index (κ1) is 32.8. The minimum Gasteiger partial charge on any atom is -0.444 e. The smallest absolute Gasteiger partial charge is 0.407 e. The molecule has 0 bridgehead atoms. The molecule has 2 aromatic heterocycles. The number of benzene rings is 2. The molecular formula is C31H33ClFN7O5S. The highest BCUT2D eigenvalue weighted by atomic mass is 35.5. The monoisotopic (exact) mass is 669 g/mol. The third-order valence-electron chi connectivity index (χ3n) is 6.89. The van der Waals surface area contributed by atoms with Crippen LogP contribution >= 0.6 is 11.6 Å². The number of para-hydroxylation sites is 1. The van der Waals surface area contributed by atoms with Crippen LogP contribution in [0.5, 0.6) is 11.6 Å². The van der Waals surface area contributed by atoms with Crippen molar-refractivity contribution in [3.05, 3.63) is 78.0 Å². The Hall–Kier alpha value is -4.56. The van der Waals surface area contributed by atoms with E-state index in [1.807, 2.05) is 20.8 Å². The third-order valence-corrected chi connectivity index (χ3v) is 8.62. The summed E-state index contributed by atoms with van der Waals surface area (Å²) in [7, 11) is -4.28. The Labute approximate surface area is 271 Å². The lowest BCUT2D eigenvalue weighted by atomic mass is 9.91. The summed E-state index contributed by atoms with van der Waals surface area (Å²) in [6, 6.07) is 13.1. The van der Waals surface area contributed by atoms with Crippen LogP contribution in [0.3, 0.4) is 0 Å². The van der Waals surface area contributed by atoms with Crippen molar-refractivity contribution in [3.8, 4) is 23.0 Å². The topological polar surface area (TPSA) is 157 Å². The summed E-state index contributed by atoms with van der Waals surface area (Å²) in [6.07, 6.45) is 5.54. The summed E-state index contributed by atoms with van der Waals surface area (Å²) in [4.78, 5) is 28.9. The van der Waals surface area contributed by atoms with Gasteiger partial charge in [0.2, 0.25) is 11.8 Å². The minimum absolute atomic E-state index is 0.0123. The van der Waals surface area contributed by atoms with Gasteiger partial charge in [0.15, 0.2) is 5.82 Å². The van der Waals surface area contributed by atoms with E-state index in [1.165, 1.54) is 30.7 Å². The van der Waals surface area contributed by atoms with Gasteiger partial charge in [-0.1, -0.05) is 23.7 Å². The molecule has 0 radical (unpaired) electrons. The van der Waals surface area contributed by atoms with Crippen LogP contribution in [0.25, 0.3) is 11.4 Å². The van der Waals surface area contributed by atoms with Crippen molar-refractivity contribution < 1.29 is 27.1 Å². The van der Waals surface area contributed by atoms with Crippen LogP contribution in [0.1, 0.15) is 46.5 Å². The molecule has 1 amide bonds. The number of alkyl carbamates (subject to hydrolysis) is 1. The van der Waals surface area contributed by atoms with E-state index in [4.69, 9.17) is 21.1 Å². The van der Waals surface area contributed by atoms with Crippen molar-refractivity contribution in [1.82, 2.24) is 25.3 Å². The van der Waals surface area contributed by atoms with Crippen LogP contribution in [-0.4, -0.2) is 52.1 Å². The lowest BCUT2D eigenvalue weighted by molar-refractivity contribution is 0.0492. The van der Waals surface area contributed by atoms with Gasteiger partial charge >= 0.3 is 6.09 Å². The van der Waals surface area contributed by atoms with Crippen LogP contribution < -0.4 is 20.1 Å². The van der Waals surface area contributed by atoms with Gasteiger partial charge in [-0.25, -0.2) is 32.6 Å². The summed E-state index contributed by atoms with van der Waals surface area (Å²) >= 11 is 6.05. The maximum Gasteiger partial charge on any atom is 0.407 e. The molecule has 1 aliphatic rings. The second-order valence-corrected chi connectivity index (χ2v) is 13.7. The second kappa shape index (κ2) is 13.8. The molecule has 5 rings (SSSR count). The van der Waals surface area contributed by atoms with Crippen molar-refractivity contribution in [2.45, 2.75) is 69.0 Å². The normalized spacial score (nSPS) is 16.7. The molecule has 3 N–H and O–H groups in total. The summed E-state index contributed by atoms with van der Waals surface area (Å²) in [6.45, 7) is 5.48. The number of aromatic nitrogens is 4. The Balaban J connectivity index is 1.24. The number of hydrogen-bond donors (Lipinski definition) is 3. The molecule has 12 nitrogen and oxygen atoms in total. The number of halogens is 2. The van der Waals surface area contributed by atoms with Crippen molar-refractivity contribution in [1.29, 1.82) is 0 Å².